The fourth-order valence-electron chi connectivity index (χ4n) is 3.14. The summed E-state index contributed by atoms with van der Waals surface area (Å²) in [5, 5.41) is 9.05. The maximum absolute atomic E-state index is 12.4. The number of nitrogens with zero attached hydrogens (tertiary/aromatic N) is 3. The summed E-state index contributed by atoms with van der Waals surface area (Å²) in [6.07, 6.45) is 1.25. The van der Waals surface area contributed by atoms with Crippen molar-refractivity contribution < 1.29 is 19.5 Å². The lowest BCUT2D eigenvalue weighted by Crippen LogP contribution is -2.56. The largest absolute Gasteiger partial charge is 0.481 e. The second-order valence-electron chi connectivity index (χ2n) is 5.90. The van der Waals surface area contributed by atoms with Gasteiger partial charge in [0.1, 0.15) is 0 Å². The molecule has 0 spiro atoms. The van der Waals surface area contributed by atoms with Gasteiger partial charge in [0.25, 0.3) is 0 Å². The average Bonchev–Trinajstić information content (AvgIpc) is 2.46. The van der Waals surface area contributed by atoms with E-state index in [1.807, 2.05) is 13.8 Å². The molecule has 1 aliphatic carbocycles. The van der Waals surface area contributed by atoms with Crippen molar-refractivity contribution in [3.8, 4) is 0 Å². The van der Waals surface area contributed by atoms with Crippen LogP contribution < -0.4 is 0 Å². The standard InChI is InChI=1S/C15H25N3O4/c1-3-16(4-2)15(22)18-9-7-17(8-10-18)13(19)11-5-6-12(11)14(20)21/h11-12H,3-10H2,1-2H3,(H,20,21). The minimum Gasteiger partial charge on any atom is -0.481 e. The number of hydrogen-bond acceptors (Lipinski definition) is 3. The molecule has 7 heteroatoms. The van der Waals surface area contributed by atoms with Gasteiger partial charge in [0.2, 0.25) is 5.91 Å². The predicted molar refractivity (Wildman–Crippen MR) is 80.3 cm³/mol. The van der Waals surface area contributed by atoms with Crippen LogP contribution in [0.25, 0.3) is 0 Å². The van der Waals surface area contributed by atoms with Crippen LogP contribution in [0.2, 0.25) is 0 Å². The highest BCUT2D eigenvalue weighted by Gasteiger charge is 2.43. The van der Waals surface area contributed by atoms with Gasteiger partial charge in [0.15, 0.2) is 0 Å². The smallest absolute Gasteiger partial charge is 0.320 e. The Labute approximate surface area is 130 Å². The minimum absolute atomic E-state index is 0.0177. The number of carbonyl (C=O) groups is 3. The summed E-state index contributed by atoms with van der Waals surface area (Å²) in [6, 6.07) is 0.0177. The molecule has 124 valence electrons. The van der Waals surface area contributed by atoms with Crippen LogP contribution in [0.5, 0.6) is 0 Å². The second-order valence-corrected chi connectivity index (χ2v) is 5.90. The maximum atomic E-state index is 12.4. The molecule has 3 amide bonds. The van der Waals surface area contributed by atoms with Crippen LogP contribution in [0.4, 0.5) is 4.79 Å². The molecule has 0 bridgehead atoms. The lowest BCUT2D eigenvalue weighted by Gasteiger charge is -2.41. The Morgan fingerprint density at radius 3 is 1.86 bits per heavy atom. The third-order valence-corrected chi connectivity index (χ3v) is 4.80. The molecular formula is C15H25N3O4. The lowest BCUT2D eigenvalue weighted by molar-refractivity contribution is -0.157. The van der Waals surface area contributed by atoms with E-state index >= 15 is 0 Å². The van der Waals surface area contributed by atoms with Crippen molar-refractivity contribution in [1.29, 1.82) is 0 Å². The highest BCUT2D eigenvalue weighted by Crippen LogP contribution is 2.36. The number of urea groups is 1. The number of hydrogen-bond donors (Lipinski definition) is 1. The summed E-state index contributed by atoms with van der Waals surface area (Å²) in [4.78, 5) is 40.9. The first-order chi connectivity index (χ1) is 10.5. The van der Waals surface area contributed by atoms with Gasteiger partial charge in [-0.1, -0.05) is 0 Å². The van der Waals surface area contributed by atoms with Gasteiger partial charge in [-0.25, -0.2) is 4.79 Å². The molecule has 0 aromatic heterocycles. The summed E-state index contributed by atoms with van der Waals surface area (Å²) in [5.41, 5.74) is 0. The fourth-order valence-corrected chi connectivity index (χ4v) is 3.14. The van der Waals surface area contributed by atoms with Gasteiger partial charge >= 0.3 is 12.0 Å². The van der Waals surface area contributed by atoms with Gasteiger partial charge < -0.3 is 19.8 Å². The van der Waals surface area contributed by atoms with E-state index in [1.54, 1.807) is 14.7 Å². The lowest BCUT2D eigenvalue weighted by atomic mass is 9.73. The van der Waals surface area contributed by atoms with Crippen molar-refractivity contribution in [3.63, 3.8) is 0 Å². The molecule has 0 radical (unpaired) electrons. The van der Waals surface area contributed by atoms with Crippen molar-refractivity contribution in [1.82, 2.24) is 14.7 Å². The number of aliphatic carboxylic acids is 1. The number of piperazine rings is 1. The number of carbonyl (C=O) groups excluding carboxylic acids is 2. The molecule has 1 N–H and O–H groups in total. The molecule has 1 aliphatic heterocycles. The molecule has 2 atom stereocenters. The third kappa shape index (κ3) is 3.18. The van der Waals surface area contributed by atoms with Crippen molar-refractivity contribution in [3.05, 3.63) is 0 Å². The minimum atomic E-state index is -0.875. The van der Waals surface area contributed by atoms with Crippen LogP contribution >= 0.6 is 0 Å². The maximum Gasteiger partial charge on any atom is 0.320 e. The first-order valence-electron chi connectivity index (χ1n) is 8.05. The zero-order valence-corrected chi connectivity index (χ0v) is 13.3. The quantitative estimate of drug-likeness (QED) is 0.829. The van der Waals surface area contributed by atoms with Crippen molar-refractivity contribution in [2.75, 3.05) is 39.3 Å². The molecule has 2 fully saturated rings. The summed E-state index contributed by atoms with van der Waals surface area (Å²) < 4.78 is 0. The molecule has 0 aromatic rings. The van der Waals surface area contributed by atoms with E-state index in [-0.39, 0.29) is 17.9 Å². The molecule has 1 heterocycles. The Hall–Kier alpha value is -1.79. The molecule has 1 saturated heterocycles. The summed E-state index contributed by atoms with van der Waals surface area (Å²) in [6.45, 7) is 7.28. The molecule has 22 heavy (non-hydrogen) atoms. The molecule has 2 rings (SSSR count). The third-order valence-electron chi connectivity index (χ3n) is 4.80. The van der Waals surface area contributed by atoms with E-state index in [4.69, 9.17) is 5.11 Å². The average molecular weight is 311 g/mol. The van der Waals surface area contributed by atoms with Crippen LogP contribution in [-0.2, 0) is 9.59 Å². The SMILES string of the molecule is CCN(CC)C(=O)N1CCN(C(=O)C2CCC2C(=O)O)CC1. The normalized spacial score (nSPS) is 24.6. The van der Waals surface area contributed by atoms with Crippen LogP contribution in [0.1, 0.15) is 26.7 Å². The molecular weight excluding hydrogens is 286 g/mol. The Morgan fingerprint density at radius 2 is 1.45 bits per heavy atom. The van der Waals surface area contributed by atoms with E-state index in [1.165, 1.54) is 0 Å². The number of rotatable bonds is 4. The molecule has 2 aliphatic rings. The summed E-state index contributed by atoms with van der Waals surface area (Å²) >= 11 is 0. The van der Waals surface area contributed by atoms with Crippen molar-refractivity contribution in [2.24, 2.45) is 11.8 Å². The van der Waals surface area contributed by atoms with Crippen LogP contribution in [0.3, 0.4) is 0 Å². The Kier molecular flexibility index (Phi) is 5.26. The topological polar surface area (TPSA) is 81.2 Å². The Balaban J connectivity index is 1.86. The molecule has 0 aromatic carbocycles. The van der Waals surface area contributed by atoms with E-state index in [9.17, 15) is 14.4 Å². The highest BCUT2D eigenvalue weighted by molar-refractivity contribution is 5.86. The Morgan fingerprint density at radius 1 is 0.955 bits per heavy atom. The van der Waals surface area contributed by atoms with E-state index in [0.717, 1.165) is 0 Å². The zero-order chi connectivity index (χ0) is 16.3. The van der Waals surface area contributed by atoms with E-state index in [0.29, 0.717) is 52.1 Å². The van der Waals surface area contributed by atoms with Crippen molar-refractivity contribution >= 4 is 17.9 Å². The van der Waals surface area contributed by atoms with E-state index in [2.05, 4.69) is 0 Å². The number of amides is 3. The summed E-state index contributed by atoms with van der Waals surface area (Å²) in [7, 11) is 0. The zero-order valence-electron chi connectivity index (χ0n) is 13.3. The molecule has 7 nitrogen and oxygen atoms in total. The summed E-state index contributed by atoms with van der Waals surface area (Å²) in [5.74, 6) is -1.83. The van der Waals surface area contributed by atoms with Gasteiger partial charge in [-0.2, -0.15) is 0 Å². The van der Waals surface area contributed by atoms with Crippen LogP contribution in [0.15, 0.2) is 0 Å². The van der Waals surface area contributed by atoms with E-state index < -0.39 is 11.9 Å². The first kappa shape index (κ1) is 16.6. The molecule has 2 unspecified atom stereocenters. The van der Waals surface area contributed by atoms with Gasteiger partial charge in [0, 0.05) is 39.3 Å². The monoisotopic (exact) mass is 311 g/mol. The number of carboxylic acid groups (broad SMARTS) is 1. The second kappa shape index (κ2) is 6.98. The van der Waals surface area contributed by atoms with Crippen molar-refractivity contribution in [2.45, 2.75) is 26.7 Å². The van der Waals surface area contributed by atoms with Gasteiger partial charge in [-0.3, -0.25) is 9.59 Å². The highest BCUT2D eigenvalue weighted by atomic mass is 16.4. The van der Waals surface area contributed by atoms with Gasteiger partial charge in [-0.05, 0) is 26.7 Å². The first-order valence-corrected chi connectivity index (χ1v) is 8.05. The van der Waals surface area contributed by atoms with Gasteiger partial charge in [0.05, 0.1) is 11.8 Å². The predicted octanol–water partition coefficient (Wildman–Crippen LogP) is 0.703. The number of carboxylic acids is 1. The van der Waals surface area contributed by atoms with Gasteiger partial charge in [-0.15, -0.1) is 0 Å². The molecule has 1 saturated carbocycles. The fraction of sp³-hybridized carbons (Fsp3) is 0.800. The van der Waals surface area contributed by atoms with Crippen LogP contribution in [0, 0.1) is 11.8 Å². The Bertz CT molecular complexity index is 442. The van der Waals surface area contributed by atoms with Crippen LogP contribution in [-0.4, -0.2) is 77.0 Å².